The minimum atomic E-state index is -0.594. The van der Waals surface area contributed by atoms with Gasteiger partial charge in [0.2, 0.25) is 4.96 Å². The minimum Gasteiger partial charge on any atom is -0.456 e. The molecule has 1 amide bonds. The van der Waals surface area contributed by atoms with E-state index >= 15 is 0 Å². The molecule has 0 saturated heterocycles. The van der Waals surface area contributed by atoms with Crippen LogP contribution in [0.15, 0.2) is 59.4 Å². The van der Waals surface area contributed by atoms with E-state index in [0.717, 1.165) is 23.9 Å². The first kappa shape index (κ1) is 21.0. The molecule has 2 aromatic heterocycles. The van der Waals surface area contributed by atoms with E-state index in [1.54, 1.807) is 12.1 Å². The van der Waals surface area contributed by atoms with E-state index in [1.165, 1.54) is 52.3 Å². The zero-order valence-corrected chi connectivity index (χ0v) is 18.0. The summed E-state index contributed by atoms with van der Waals surface area (Å²) in [5.41, 5.74) is 0.929. The topological polar surface area (TPSA) is 103 Å². The summed E-state index contributed by atoms with van der Waals surface area (Å²) < 4.78 is 19.9. The van der Waals surface area contributed by atoms with Gasteiger partial charge in [0.25, 0.3) is 11.5 Å². The van der Waals surface area contributed by atoms with Gasteiger partial charge in [-0.3, -0.25) is 9.59 Å². The molecule has 0 unspecified atom stereocenters. The molecule has 0 radical (unpaired) electrons. The van der Waals surface area contributed by atoms with Crippen molar-refractivity contribution < 1.29 is 18.7 Å². The lowest BCUT2D eigenvalue weighted by atomic mass is 10.2. The third-order valence-electron chi connectivity index (χ3n) is 5.06. The van der Waals surface area contributed by atoms with Gasteiger partial charge < -0.3 is 10.1 Å². The number of esters is 1. The molecular formula is C23H17FN4O4S. The summed E-state index contributed by atoms with van der Waals surface area (Å²) in [5.74, 6) is -1.15. The van der Waals surface area contributed by atoms with Crippen LogP contribution in [0, 0.1) is 5.82 Å². The van der Waals surface area contributed by atoms with Crippen LogP contribution in [0.4, 0.5) is 10.1 Å². The molecule has 1 saturated carbocycles. The fourth-order valence-electron chi connectivity index (χ4n) is 3.19. The lowest BCUT2D eigenvalue weighted by Crippen LogP contribution is -2.16. The van der Waals surface area contributed by atoms with Crippen molar-refractivity contribution in [3.63, 3.8) is 0 Å². The van der Waals surface area contributed by atoms with Crippen LogP contribution in [0.2, 0.25) is 0 Å². The molecule has 0 bridgehead atoms. The summed E-state index contributed by atoms with van der Waals surface area (Å²) in [6.07, 6.45) is 2.15. The summed E-state index contributed by atoms with van der Waals surface area (Å²) in [4.78, 5) is 41.7. The van der Waals surface area contributed by atoms with E-state index in [1.807, 2.05) is 0 Å². The standard InChI is InChI=1S/C23H17FN4O4S/c24-16-3-1-2-15(10-16)20(30)25-17-8-6-14(7-9-17)22(31)32-12-18-11-19(29)28-23(26-18)33-21(27-28)13-4-5-13/h1-3,6-11,13H,4-5,12H2,(H,25,30). The molecule has 1 N–H and O–H groups in total. The largest absolute Gasteiger partial charge is 0.456 e. The molecule has 5 rings (SSSR count). The van der Waals surface area contributed by atoms with Gasteiger partial charge in [-0.1, -0.05) is 17.4 Å². The highest BCUT2D eigenvalue weighted by molar-refractivity contribution is 7.16. The quantitative estimate of drug-likeness (QED) is 0.436. The predicted molar refractivity (Wildman–Crippen MR) is 119 cm³/mol. The van der Waals surface area contributed by atoms with Crippen molar-refractivity contribution in [3.05, 3.63) is 92.6 Å². The average Bonchev–Trinajstić information content (AvgIpc) is 3.57. The second kappa shape index (κ2) is 8.55. The van der Waals surface area contributed by atoms with Crippen LogP contribution < -0.4 is 10.9 Å². The maximum Gasteiger partial charge on any atom is 0.338 e. The smallest absolute Gasteiger partial charge is 0.338 e. The van der Waals surface area contributed by atoms with E-state index in [4.69, 9.17) is 4.74 Å². The SMILES string of the molecule is O=C(Nc1ccc(C(=O)OCc2cc(=O)n3nc(C4CC4)sc3n2)cc1)c1cccc(F)c1. The van der Waals surface area contributed by atoms with Crippen molar-refractivity contribution in [2.24, 2.45) is 0 Å². The molecule has 2 heterocycles. The van der Waals surface area contributed by atoms with Crippen molar-refractivity contribution in [2.45, 2.75) is 25.4 Å². The number of ether oxygens (including phenoxy) is 1. The van der Waals surface area contributed by atoms with Crippen LogP contribution in [0.5, 0.6) is 0 Å². The number of anilines is 1. The number of rotatable bonds is 6. The number of hydrogen-bond acceptors (Lipinski definition) is 7. The highest BCUT2D eigenvalue weighted by atomic mass is 32.1. The Hall–Kier alpha value is -3.92. The van der Waals surface area contributed by atoms with Crippen molar-refractivity contribution in [3.8, 4) is 0 Å². The molecule has 0 spiro atoms. The fraction of sp³-hybridized carbons (Fsp3) is 0.174. The van der Waals surface area contributed by atoms with Crippen LogP contribution >= 0.6 is 11.3 Å². The maximum absolute atomic E-state index is 13.3. The number of aromatic nitrogens is 3. The predicted octanol–water partition coefficient (Wildman–Crippen LogP) is 3.78. The zero-order chi connectivity index (χ0) is 22.9. The molecule has 1 aliphatic rings. The number of nitrogens with zero attached hydrogens (tertiary/aromatic N) is 3. The molecule has 8 nitrogen and oxygen atoms in total. The van der Waals surface area contributed by atoms with E-state index in [0.29, 0.717) is 22.3 Å². The number of halogens is 1. The molecule has 1 aliphatic carbocycles. The summed E-state index contributed by atoms with van der Waals surface area (Å²) in [6, 6.07) is 12.7. The first-order chi connectivity index (χ1) is 16.0. The molecule has 1 fully saturated rings. The molecular weight excluding hydrogens is 447 g/mol. The average molecular weight is 464 g/mol. The van der Waals surface area contributed by atoms with Crippen molar-refractivity contribution in [1.82, 2.24) is 14.6 Å². The summed E-state index contributed by atoms with van der Waals surface area (Å²) in [5, 5.41) is 7.85. The van der Waals surface area contributed by atoms with E-state index in [-0.39, 0.29) is 23.3 Å². The number of carbonyl (C=O) groups excluding carboxylic acids is 2. The highest BCUT2D eigenvalue weighted by Crippen LogP contribution is 2.41. The van der Waals surface area contributed by atoms with E-state index in [2.05, 4.69) is 15.4 Å². The van der Waals surface area contributed by atoms with E-state index in [9.17, 15) is 18.8 Å². The Labute approximate surface area is 190 Å². The second-order valence-corrected chi connectivity index (χ2v) is 8.60. The minimum absolute atomic E-state index is 0.153. The van der Waals surface area contributed by atoms with Gasteiger partial charge in [0.1, 0.15) is 17.4 Å². The first-order valence-electron chi connectivity index (χ1n) is 10.2. The lowest BCUT2D eigenvalue weighted by Gasteiger charge is -2.07. The number of carbonyl (C=O) groups is 2. The maximum atomic E-state index is 13.3. The Morgan fingerprint density at radius 2 is 1.91 bits per heavy atom. The van der Waals surface area contributed by atoms with Gasteiger partial charge in [-0.25, -0.2) is 14.2 Å². The Morgan fingerprint density at radius 1 is 1.12 bits per heavy atom. The molecule has 166 valence electrons. The van der Waals surface area contributed by atoms with Crippen LogP contribution in [0.25, 0.3) is 4.96 Å². The van der Waals surface area contributed by atoms with Gasteiger partial charge in [-0.05, 0) is 55.3 Å². The Kier molecular flexibility index (Phi) is 5.43. The van der Waals surface area contributed by atoms with Crippen molar-refractivity contribution >= 4 is 33.9 Å². The molecule has 33 heavy (non-hydrogen) atoms. The monoisotopic (exact) mass is 464 g/mol. The Bertz CT molecular complexity index is 1430. The van der Waals surface area contributed by atoms with Crippen LogP contribution in [0.3, 0.4) is 0 Å². The molecule has 2 aromatic carbocycles. The highest BCUT2D eigenvalue weighted by Gasteiger charge is 2.28. The molecule has 0 aliphatic heterocycles. The number of hydrogen-bond donors (Lipinski definition) is 1. The van der Waals surface area contributed by atoms with Crippen molar-refractivity contribution in [2.75, 3.05) is 5.32 Å². The summed E-state index contributed by atoms with van der Waals surface area (Å²) in [7, 11) is 0. The van der Waals surface area contributed by atoms with Gasteiger partial charge in [0, 0.05) is 23.2 Å². The number of benzene rings is 2. The summed E-state index contributed by atoms with van der Waals surface area (Å²) in [6.45, 7) is -0.153. The molecule has 4 aromatic rings. The normalized spacial score (nSPS) is 13.1. The second-order valence-electron chi connectivity index (χ2n) is 7.61. The van der Waals surface area contributed by atoms with Crippen LogP contribution in [-0.4, -0.2) is 26.5 Å². The number of nitrogens with one attached hydrogen (secondary N) is 1. The van der Waals surface area contributed by atoms with Gasteiger partial charge in [0.05, 0.1) is 11.3 Å². The van der Waals surface area contributed by atoms with Gasteiger partial charge >= 0.3 is 5.97 Å². The summed E-state index contributed by atoms with van der Waals surface area (Å²) >= 11 is 1.38. The lowest BCUT2D eigenvalue weighted by molar-refractivity contribution is 0.0467. The van der Waals surface area contributed by atoms with Gasteiger partial charge in [-0.2, -0.15) is 9.61 Å². The zero-order valence-electron chi connectivity index (χ0n) is 17.2. The van der Waals surface area contributed by atoms with Crippen LogP contribution in [0.1, 0.15) is 50.2 Å². The fourth-order valence-corrected chi connectivity index (χ4v) is 4.28. The van der Waals surface area contributed by atoms with Gasteiger partial charge in [0.15, 0.2) is 0 Å². The van der Waals surface area contributed by atoms with Gasteiger partial charge in [-0.15, -0.1) is 0 Å². The number of amides is 1. The Morgan fingerprint density at radius 3 is 2.64 bits per heavy atom. The first-order valence-corrected chi connectivity index (χ1v) is 11.0. The third-order valence-corrected chi connectivity index (χ3v) is 6.13. The number of fused-ring (bicyclic) bond motifs is 1. The molecule has 10 heteroatoms. The van der Waals surface area contributed by atoms with Crippen molar-refractivity contribution in [1.29, 1.82) is 0 Å². The van der Waals surface area contributed by atoms with E-state index < -0.39 is 17.7 Å². The third kappa shape index (κ3) is 4.65. The van der Waals surface area contributed by atoms with Crippen LogP contribution in [-0.2, 0) is 11.3 Å². The Balaban J connectivity index is 1.22. The molecule has 0 atom stereocenters.